The number of carbonyl (C=O) groups excluding carboxylic acids is 1. The lowest BCUT2D eigenvalue weighted by Gasteiger charge is -2.15. The van der Waals surface area contributed by atoms with Crippen molar-refractivity contribution in [3.8, 4) is 0 Å². The molecule has 1 aliphatic rings. The number of nitrogens with one attached hydrogen (secondary N) is 1. The number of benzene rings is 1. The highest BCUT2D eigenvalue weighted by atomic mass is 35.5. The van der Waals surface area contributed by atoms with E-state index in [4.69, 9.17) is 11.6 Å². The van der Waals surface area contributed by atoms with E-state index in [1.165, 1.54) is 6.07 Å². The van der Waals surface area contributed by atoms with Gasteiger partial charge in [-0.25, -0.2) is 0 Å². The van der Waals surface area contributed by atoms with Crippen LogP contribution in [-0.2, 0) is 16.9 Å². The fourth-order valence-corrected chi connectivity index (χ4v) is 2.30. The average Bonchev–Trinajstić information content (AvgIpc) is 2.74. The molecule has 0 unspecified atom stereocenters. The molecule has 1 aliphatic heterocycles. The Hall–Kier alpha value is -1.23. The fraction of sp³-hybridized carbons (Fsp3) is 0.417. The van der Waals surface area contributed by atoms with Gasteiger partial charge in [0.25, 0.3) is 0 Å². The molecule has 98 valence electrons. The van der Waals surface area contributed by atoms with Crippen LogP contribution in [0.15, 0.2) is 18.2 Å². The first kappa shape index (κ1) is 13.2. The molecule has 0 aliphatic carbocycles. The summed E-state index contributed by atoms with van der Waals surface area (Å²) in [5, 5.41) is 2.61. The number of carbonyl (C=O) groups is 1. The normalized spacial score (nSPS) is 20.0. The van der Waals surface area contributed by atoms with Crippen molar-refractivity contribution in [2.75, 3.05) is 6.54 Å². The molecule has 1 saturated heterocycles. The van der Waals surface area contributed by atoms with Gasteiger partial charge in [-0.3, -0.25) is 4.79 Å². The first-order valence-corrected chi connectivity index (χ1v) is 5.98. The number of amides is 1. The average molecular weight is 278 g/mol. The van der Waals surface area contributed by atoms with Crippen LogP contribution in [0.5, 0.6) is 0 Å². The largest absolute Gasteiger partial charge is 0.416 e. The van der Waals surface area contributed by atoms with Crippen LogP contribution in [-0.4, -0.2) is 12.5 Å². The van der Waals surface area contributed by atoms with Crippen LogP contribution in [0.25, 0.3) is 0 Å². The summed E-state index contributed by atoms with van der Waals surface area (Å²) in [5.41, 5.74) is -0.130. The molecule has 1 aromatic rings. The summed E-state index contributed by atoms with van der Waals surface area (Å²) in [5.74, 6) is -0.505. The van der Waals surface area contributed by atoms with Crippen molar-refractivity contribution in [3.63, 3.8) is 0 Å². The third-order valence-electron chi connectivity index (χ3n) is 3.03. The van der Waals surface area contributed by atoms with E-state index in [9.17, 15) is 18.0 Å². The van der Waals surface area contributed by atoms with Crippen LogP contribution < -0.4 is 5.32 Å². The predicted octanol–water partition coefficient (Wildman–Crippen LogP) is 3.05. The Morgan fingerprint density at radius 2 is 2.11 bits per heavy atom. The van der Waals surface area contributed by atoms with Gasteiger partial charge in [0.05, 0.1) is 5.56 Å². The van der Waals surface area contributed by atoms with Gasteiger partial charge < -0.3 is 5.32 Å². The lowest BCUT2D eigenvalue weighted by atomic mass is 9.94. The van der Waals surface area contributed by atoms with E-state index < -0.39 is 11.7 Å². The molecule has 1 atom stereocenters. The predicted molar refractivity (Wildman–Crippen MR) is 61.4 cm³/mol. The van der Waals surface area contributed by atoms with Crippen LogP contribution in [0, 0.1) is 0 Å². The standard InChI is InChI=1S/C12H11ClF3NO/c13-5-8-2-1-7(3-10(8)12(14,15)16)9-4-11(18)17-6-9/h1-3,9H,4-6H2,(H,17,18)/t9-/m0/s1. The molecule has 0 spiro atoms. The smallest absolute Gasteiger partial charge is 0.355 e. The third-order valence-corrected chi connectivity index (χ3v) is 3.32. The van der Waals surface area contributed by atoms with Crippen molar-refractivity contribution >= 4 is 17.5 Å². The van der Waals surface area contributed by atoms with E-state index in [2.05, 4.69) is 5.32 Å². The number of rotatable bonds is 2. The minimum atomic E-state index is -4.42. The molecule has 0 radical (unpaired) electrons. The summed E-state index contributed by atoms with van der Waals surface area (Å²) in [4.78, 5) is 11.1. The maximum absolute atomic E-state index is 12.8. The zero-order valence-corrected chi connectivity index (χ0v) is 10.1. The van der Waals surface area contributed by atoms with Gasteiger partial charge in [0.2, 0.25) is 5.91 Å². The van der Waals surface area contributed by atoms with Crippen LogP contribution in [0.1, 0.15) is 29.0 Å². The van der Waals surface area contributed by atoms with Gasteiger partial charge in [0.1, 0.15) is 0 Å². The van der Waals surface area contributed by atoms with Gasteiger partial charge in [-0.2, -0.15) is 13.2 Å². The van der Waals surface area contributed by atoms with Gasteiger partial charge in [0.15, 0.2) is 0 Å². The zero-order chi connectivity index (χ0) is 13.3. The van der Waals surface area contributed by atoms with Crippen LogP contribution in [0.4, 0.5) is 13.2 Å². The van der Waals surface area contributed by atoms with Gasteiger partial charge in [0, 0.05) is 24.8 Å². The van der Waals surface area contributed by atoms with Gasteiger partial charge >= 0.3 is 6.18 Å². The summed E-state index contributed by atoms with van der Waals surface area (Å²) < 4.78 is 38.5. The van der Waals surface area contributed by atoms with Crippen molar-refractivity contribution in [1.29, 1.82) is 0 Å². The zero-order valence-electron chi connectivity index (χ0n) is 9.35. The third kappa shape index (κ3) is 2.61. The van der Waals surface area contributed by atoms with E-state index >= 15 is 0 Å². The maximum atomic E-state index is 12.8. The Kier molecular flexibility index (Phi) is 3.52. The first-order valence-electron chi connectivity index (χ1n) is 5.44. The number of hydrogen-bond acceptors (Lipinski definition) is 1. The first-order chi connectivity index (χ1) is 8.41. The lowest BCUT2D eigenvalue weighted by molar-refractivity contribution is -0.138. The van der Waals surface area contributed by atoms with Crippen molar-refractivity contribution < 1.29 is 18.0 Å². The molecule has 0 saturated carbocycles. The van der Waals surface area contributed by atoms with Gasteiger partial charge in [-0.05, 0) is 17.2 Å². The molecule has 18 heavy (non-hydrogen) atoms. The summed E-state index contributed by atoms with van der Waals surface area (Å²) in [6.45, 7) is 0.385. The topological polar surface area (TPSA) is 29.1 Å². The Morgan fingerprint density at radius 1 is 1.39 bits per heavy atom. The van der Waals surface area contributed by atoms with E-state index in [1.807, 2.05) is 0 Å². The monoisotopic (exact) mass is 277 g/mol. The van der Waals surface area contributed by atoms with Crippen molar-refractivity contribution in [2.24, 2.45) is 0 Å². The molecule has 2 rings (SSSR count). The lowest BCUT2D eigenvalue weighted by Crippen LogP contribution is -2.14. The van der Waals surface area contributed by atoms with E-state index in [0.29, 0.717) is 12.1 Å². The van der Waals surface area contributed by atoms with Crippen molar-refractivity contribution in [2.45, 2.75) is 24.4 Å². The number of halogens is 4. The minimum Gasteiger partial charge on any atom is -0.355 e. The minimum absolute atomic E-state index is 0.0604. The van der Waals surface area contributed by atoms with Crippen LogP contribution in [0.2, 0.25) is 0 Å². The van der Waals surface area contributed by atoms with E-state index in [1.54, 1.807) is 6.07 Å². The van der Waals surface area contributed by atoms with Gasteiger partial charge in [-0.1, -0.05) is 12.1 Å². The molecule has 1 N–H and O–H groups in total. The van der Waals surface area contributed by atoms with E-state index in [-0.39, 0.29) is 29.7 Å². The highest BCUT2D eigenvalue weighted by molar-refractivity contribution is 6.17. The summed E-state index contributed by atoms with van der Waals surface area (Å²) in [6, 6.07) is 4.09. The van der Waals surface area contributed by atoms with Crippen molar-refractivity contribution in [3.05, 3.63) is 34.9 Å². The Balaban J connectivity index is 2.37. The highest BCUT2D eigenvalue weighted by Crippen LogP contribution is 2.35. The highest BCUT2D eigenvalue weighted by Gasteiger charge is 2.34. The maximum Gasteiger partial charge on any atom is 0.416 e. The second kappa shape index (κ2) is 4.80. The second-order valence-corrected chi connectivity index (χ2v) is 4.52. The Morgan fingerprint density at radius 3 is 2.61 bits per heavy atom. The molecular weight excluding hydrogens is 267 g/mol. The molecule has 6 heteroatoms. The number of hydrogen-bond donors (Lipinski definition) is 1. The van der Waals surface area contributed by atoms with E-state index in [0.717, 1.165) is 6.07 Å². The molecule has 2 nitrogen and oxygen atoms in total. The van der Waals surface area contributed by atoms with Crippen LogP contribution >= 0.6 is 11.6 Å². The quantitative estimate of drug-likeness (QED) is 0.827. The molecule has 1 aromatic carbocycles. The molecule has 0 bridgehead atoms. The Bertz CT molecular complexity index is 473. The summed E-state index contributed by atoms with van der Waals surface area (Å²) in [7, 11) is 0. The van der Waals surface area contributed by atoms with Gasteiger partial charge in [-0.15, -0.1) is 11.6 Å². The summed E-state index contributed by atoms with van der Waals surface area (Å²) in [6.07, 6.45) is -4.19. The molecule has 0 aromatic heterocycles. The molecule has 1 fully saturated rings. The number of alkyl halides is 4. The molecule has 1 amide bonds. The fourth-order valence-electron chi connectivity index (χ4n) is 2.07. The molecule has 1 heterocycles. The molecular formula is C12H11ClF3NO. The van der Waals surface area contributed by atoms with Crippen LogP contribution in [0.3, 0.4) is 0 Å². The Labute approximate surface area is 107 Å². The summed E-state index contributed by atoms with van der Waals surface area (Å²) >= 11 is 5.51. The van der Waals surface area contributed by atoms with Crippen molar-refractivity contribution in [1.82, 2.24) is 5.32 Å². The SMILES string of the molecule is O=C1C[C@H](c2ccc(CCl)c(C(F)(F)F)c2)CN1. The second-order valence-electron chi connectivity index (χ2n) is 4.25.